The van der Waals surface area contributed by atoms with Crippen LogP contribution in [-0.4, -0.2) is 19.0 Å². The SMILES string of the molecule is CCCC1CCC(/C=C/c2ccc(C3=CCC4(CC3)OCCO4)cc2)CC1. The van der Waals surface area contributed by atoms with Crippen molar-refractivity contribution in [2.75, 3.05) is 13.2 Å². The van der Waals surface area contributed by atoms with Crippen LogP contribution in [0.5, 0.6) is 0 Å². The average Bonchev–Trinajstić information content (AvgIpc) is 3.17. The normalized spacial score (nSPS) is 28.0. The van der Waals surface area contributed by atoms with Crippen molar-refractivity contribution >= 4 is 11.6 Å². The lowest BCUT2D eigenvalue weighted by atomic mass is 9.80. The third-order valence-corrected chi connectivity index (χ3v) is 6.68. The summed E-state index contributed by atoms with van der Waals surface area (Å²) in [5.41, 5.74) is 4.11. The molecule has 0 amide bonds. The third kappa shape index (κ3) is 4.73. The van der Waals surface area contributed by atoms with Gasteiger partial charge in [0.15, 0.2) is 5.79 Å². The topological polar surface area (TPSA) is 18.5 Å². The summed E-state index contributed by atoms with van der Waals surface area (Å²) in [6.07, 6.45) is 18.3. The molecule has 146 valence electrons. The van der Waals surface area contributed by atoms with Gasteiger partial charge >= 0.3 is 0 Å². The van der Waals surface area contributed by atoms with Gasteiger partial charge < -0.3 is 9.47 Å². The molecule has 1 heterocycles. The van der Waals surface area contributed by atoms with E-state index in [1.807, 2.05) is 0 Å². The molecule has 2 nitrogen and oxygen atoms in total. The fourth-order valence-electron chi connectivity index (χ4n) is 4.96. The Balaban J connectivity index is 1.31. The van der Waals surface area contributed by atoms with Crippen molar-refractivity contribution in [3.63, 3.8) is 0 Å². The fraction of sp³-hybridized carbons (Fsp3) is 0.600. The third-order valence-electron chi connectivity index (χ3n) is 6.68. The zero-order valence-corrected chi connectivity index (χ0v) is 16.8. The molecule has 2 fully saturated rings. The molecule has 1 aromatic carbocycles. The molecule has 27 heavy (non-hydrogen) atoms. The Kier molecular flexibility index (Phi) is 6.14. The first-order chi connectivity index (χ1) is 13.3. The van der Waals surface area contributed by atoms with Gasteiger partial charge in [-0.25, -0.2) is 0 Å². The first-order valence-corrected chi connectivity index (χ1v) is 11.0. The van der Waals surface area contributed by atoms with Crippen LogP contribution in [0.2, 0.25) is 0 Å². The predicted octanol–water partition coefficient (Wildman–Crippen LogP) is 6.62. The van der Waals surface area contributed by atoms with Crippen molar-refractivity contribution in [1.29, 1.82) is 0 Å². The highest BCUT2D eigenvalue weighted by Crippen LogP contribution is 2.38. The largest absolute Gasteiger partial charge is 0.347 e. The smallest absolute Gasteiger partial charge is 0.172 e. The van der Waals surface area contributed by atoms with E-state index in [2.05, 4.69) is 49.4 Å². The molecule has 0 bridgehead atoms. The summed E-state index contributed by atoms with van der Waals surface area (Å²) >= 11 is 0. The maximum Gasteiger partial charge on any atom is 0.172 e. The Morgan fingerprint density at radius 2 is 1.78 bits per heavy atom. The summed E-state index contributed by atoms with van der Waals surface area (Å²) in [6, 6.07) is 9.08. The Morgan fingerprint density at radius 3 is 2.41 bits per heavy atom. The van der Waals surface area contributed by atoms with Crippen molar-refractivity contribution in [1.82, 2.24) is 0 Å². The number of benzene rings is 1. The van der Waals surface area contributed by atoms with Gasteiger partial charge in [0.2, 0.25) is 0 Å². The summed E-state index contributed by atoms with van der Waals surface area (Å²) in [5, 5.41) is 0. The predicted molar refractivity (Wildman–Crippen MR) is 112 cm³/mol. The molecule has 1 aliphatic heterocycles. The Bertz CT molecular complexity index is 656. The highest BCUT2D eigenvalue weighted by Gasteiger charge is 2.37. The second-order valence-corrected chi connectivity index (χ2v) is 8.59. The van der Waals surface area contributed by atoms with E-state index in [0.717, 1.165) is 44.3 Å². The Labute approximate surface area is 164 Å². The molecule has 2 aliphatic carbocycles. The van der Waals surface area contributed by atoms with Gasteiger partial charge in [0.05, 0.1) is 13.2 Å². The van der Waals surface area contributed by atoms with Gasteiger partial charge in [0, 0.05) is 12.8 Å². The number of hydrogen-bond donors (Lipinski definition) is 0. The highest BCUT2D eigenvalue weighted by molar-refractivity contribution is 5.68. The van der Waals surface area contributed by atoms with Crippen LogP contribution in [0.1, 0.15) is 75.8 Å². The van der Waals surface area contributed by atoms with Crippen molar-refractivity contribution in [3.8, 4) is 0 Å². The van der Waals surface area contributed by atoms with Crippen molar-refractivity contribution < 1.29 is 9.47 Å². The standard InChI is InChI=1S/C25H34O2/c1-2-3-20-4-6-21(7-5-20)8-9-22-10-12-23(13-11-22)24-14-16-25(17-15-24)26-18-19-27-25/h8-14,20-21H,2-7,15-19H2,1H3/b9-8+. The van der Waals surface area contributed by atoms with Crippen LogP contribution in [0.4, 0.5) is 0 Å². The Morgan fingerprint density at radius 1 is 1.04 bits per heavy atom. The van der Waals surface area contributed by atoms with E-state index < -0.39 is 0 Å². The summed E-state index contributed by atoms with van der Waals surface area (Å²) in [6.45, 7) is 3.79. The van der Waals surface area contributed by atoms with Gasteiger partial charge in [-0.05, 0) is 60.6 Å². The van der Waals surface area contributed by atoms with Gasteiger partial charge in [0.25, 0.3) is 0 Å². The molecular weight excluding hydrogens is 332 g/mol. The zero-order chi connectivity index (χ0) is 18.5. The number of ether oxygens (including phenoxy) is 2. The first kappa shape index (κ1) is 19.0. The summed E-state index contributed by atoms with van der Waals surface area (Å²) in [5.74, 6) is 1.45. The lowest BCUT2D eigenvalue weighted by Gasteiger charge is -2.30. The zero-order valence-electron chi connectivity index (χ0n) is 16.8. The molecule has 0 unspecified atom stereocenters. The van der Waals surface area contributed by atoms with Crippen molar-refractivity contribution in [2.45, 2.75) is 70.5 Å². The van der Waals surface area contributed by atoms with Crippen LogP contribution in [0.15, 0.2) is 36.4 Å². The van der Waals surface area contributed by atoms with Gasteiger partial charge in [-0.2, -0.15) is 0 Å². The second kappa shape index (κ2) is 8.75. The van der Waals surface area contributed by atoms with Crippen LogP contribution in [0.25, 0.3) is 11.6 Å². The van der Waals surface area contributed by atoms with Crippen molar-refractivity contribution in [3.05, 3.63) is 47.5 Å². The van der Waals surface area contributed by atoms with E-state index in [0.29, 0.717) is 0 Å². The van der Waals surface area contributed by atoms with E-state index in [1.165, 1.54) is 55.2 Å². The van der Waals surface area contributed by atoms with E-state index in [1.54, 1.807) is 0 Å². The number of rotatable bonds is 5. The molecule has 0 atom stereocenters. The maximum absolute atomic E-state index is 5.82. The maximum atomic E-state index is 5.82. The molecular formula is C25H34O2. The van der Waals surface area contributed by atoms with E-state index in [-0.39, 0.29) is 5.79 Å². The summed E-state index contributed by atoms with van der Waals surface area (Å²) in [7, 11) is 0. The quantitative estimate of drug-likeness (QED) is 0.583. The average molecular weight is 367 g/mol. The second-order valence-electron chi connectivity index (χ2n) is 8.59. The Hall–Kier alpha value is -1.38. The van der Waals surface area contributed by atoms with E-state index in [9.17, 15) is 0 Å². The van der Waals surface area contributed by atoms with Gasteiger partial charge in [0.1, 0.15) is 0 Å². The minimum Gasteiger partial charge on any atom is -0.347 e. The van der Waals surface area contributed by atoms with Crippen LogP contribution in [-0.2, 0) is 9.47 Å². The minimum atomic E-state index is -0.317. The van der Waals surface area contributed by atoms with Gasteiger partial charge in [-0.3, -0.25) is 0 Å². The molecule has 0 aromatic heterocycles. The van der Waals surface area contributed by atoms with Crippen LogP contribution in [0, 0.1) is 11.8 Å². The fourth-order valence-corrected chi connectivity index (χ4v) is 4.96. The van der Waals surface area contributed by atoms with Gasteiger partial charge in [-0.15, -0.1) is 0 Å². The molecule has 1 spiro atoms. The molecule has 0 N–H and O–H groups in total. The van der Waals surface area contributed by atoms with Crippen molar-refractivity contribution in [2.24, 2.45) is 11.8 Å². The molecule has 0 radical (unpaired) electrons. The van der Waals surface area contributed by atoms with E-state index in [4.69, 9.17) is 9.47 Å². The molecule has 2 heteroatoms. The van der Waals surface area contributed by atoms with Crippen LogP contribution >= 0.6 is 0 Å². The first-order valence-electron chi connectivity index (χ1n) is 11.0. The molecule has 4 rings (SSSR count). The minimum absolute atomic E-state index is 0.317. The lowest BCUT2D eigenvalue weighted by Crippen LogP contribution is -2.31. The monoisotopic (exact) mass is 366 g/mol. The molecule has 3 aliphatic rings. The molecule has 1 saturated heterocycles. The summed E-state index contributed by atoms with van der Waals surface area (Å²) < 4.78 is 11.6. The molecule has 1 saturated carbocycles. The van der Waals surface area contributed by atoms with Crippen LogP contribution in [0.3, 0.4) is 0 Å². The van der Waals surface area contributed by atoms with E-state index >= 15 is 0 Å². The number of allylic oxidation sites excluding steroid dienone is 2. The number of hydrogen-bond acceptors (Lipinski definition) is 2. The lowest BCUT2D eigenvalue weighted by molar-refractivity contribution is -0.159. The van der Waals surface area contributed by atoms with Crippen LogP contribution < -0.4 is 0 Å². The molecule has 1 aromatic rings. The van der Waals surface area contributed by atoms with Gasteiger partial charge in [-0.1, -0.05) is 62.3 Å². The summed E-state index contributed by atoms with van der Waals surface area (Å²) in [4.78, 5) is 0. The highest BCUT2D eigenvalue weighted by atomic mass is 16.7.